The average Bonchev–Trinajstić information content (AvgIpc) is 2.97. The van der Waals surface area contributed by atoms with E-state index in [-0.39, 0.29) is 30.7 Å². The first kappa shape index (κ1) is 15.9. The maximum atomic E-state index is 12.0. The summed E-state index contributed by atoms with van der Waals surface area (Å²) in [5.74, 6) is -0.819. The molecule has 1 aliphatic rings. The maximum Gasteiger partial charge on any atom is 0.320 e. The molecule has 2 rings (SSSR count). The summed E-state index contributed by atoms with van der Waals surface area (Å²) in [6.07, 6.45) is 0. The molecule has 1 amide bonds. The van der Waals surface area contributed by atoms with Crippen molar-refractivity contribution in [3.05, 3.63) is 21.3 Å². The van der Waals surface area contributed by atoms with E-state index in [1.165, 1.54) is 0 Å². The lowest BCUT2D eigenvalue weighted by molar-refractivity contribution is -0.144. The summed E-state index contributed by atoms with van der Waals surface area (Å²) in [4.78, 5) is 37.3. The number of rotatable bonds is 5. The molecule has 0 unspecified atom stereocenters. The molecule has 8 heteroatoms. The Labute approximate surface area is 131 Å². The van der Waals surface area contributed by atoms with Gasteiger partial charge in [0.1, 0.15) is 6.04 Å². The summed E-state index contributed by atoms with van der Waals surface area (Å²) in [5.41, 5.74) is 0. The van der Waals surface area contributed by atoms with Crippen molar-refractivity contribution in [3.8, 4) is 0 Å². The number of nitrogens with one attached hydrogen (secondary N) is 1. The Hall–Kier alpha value is -1.44. The molecule has 21 heavy (non-hydrogen) atoms. The number of hydrogen-bond acceptors (Lipinski definition) is 6. The molecule has 0 spiro atoms. The van der Waals surface area contributed by atoms with Crippen molar-refractivity contribution in [2.24, 2.45) is 0 Å². The molecular weight excluding hydrogens is 316 g/mol. The maximum absolute atomic E-state index is 12.0. The number of carbonyl (C=O) groups excluding carboxylic acids is 3. The number of thiophene rings is 1. The Morgan fingerprint density at radius 2 is 2.29 bits per heavy atom. The first-order valence-corrected chi connectivity index (χ1v) is 7.66. The molecular formula is C13H15ClN2O4S. The van der Waals surface area contributed by atoms with Gasteiger partial charge in [-0.2, -0.15) is 0 Å². The smallest absolute Gasteiger partial charge is 0.320 e. The third-order valence-corrected chi connectivity index (χ3v) is 4.20. The van der Waals surface area contributed by atoms with E-state index >= 15 is 0 Å². The number of nitrogens with zero attached hydrogens (tertiary/aromatic N) is 1. The third-order valence-electron chi connectivity index (χ3n) is 2.97. The zero-order valence-electron chi connectivity index (χ0n) is 11.4. The highest BCUT2D eigenvalue weighted by Gasteiger charge is 2.33. The molecule has 2 heterocycles. The van der Waals surface area contributed by atoms with E-state index < -0.39 is 6.04 Å². The number of hydrogen-bond donors (Lipinski definition) is 1. The number of ether oxygens (including phenoxy) is 1. The topological polar surface area (TPSA) is 75.7 Å². The summed E-state index contributed by atoms with van der Waals surface area (Å²) < 4.78 is 5.35. The van der Waals surface area contributed by atoms with E-state index in [9.17, 15) is 14.4 Å². The minimum atomic E-state index is -0.604. The Morgan fingerprint density at radius 3 is 2.90 bits per heavy atom. The molecule has 6 nitrogen and oxygen atoms in total. The fourth-order valence-corrected chi connectivity index (χ4v) is 3.00. The molecule has 1 N–H and O–H groups in total. The van der Waals surface area contributed by atoms with Gasteiger partial charge < -0.3 is 10.1 Å². The van der Waals surface area contributed by atoms with Gasteiger partial charge in [-0.1, -0.05) is 11.6 Å². The van der Waals surface area contributed by atoms with Gasteiger partial charge in [-0.3, -0.25) is 19.3 Å². The van der Waals surface area contributed by atoms with Crippen LogP contribution in [0, 0.1) is 0 Å². The van der Waals surface area contributed by atoms with Crippen molar-refractivity contribution in [1.82, 2.24) is 10.2 Å². The predicted octanol–water partition coefficient (Wildman–Crippen LogP) is 0.948. The number of halogens is 1. The number of carbonyl (C=O) groups is 3. The van der Waals surface area contributed by atoms with Crippen LogP contribution in [-0.2, 0) is 14.3 Å². The largest absolute Gasteiger partial charge is 0.465 e. The Bertz CT molecular complexity index is 560. The minimum Gasteiger partial charge on any atom is -0.465 e. The lowest BCUT2D eigenvalue weighted by atomic mass is 10.2. The molecule has 0 saturated carbocycles. The molecule has 0 radical (unpaired) electrons. The SMILES string of the molecule is CCOC(=O)CN1CC(=O)[C@@H](NC(=O)c2ccc(Cl)s2)C1. The highest BCUT2D eigenvalue weighted by molar-refractivity contribution is 7.18. The summed E-state index contributed by atoms with van der Waals surface area (Å²) >= 11 is 6.92. The molecule has 1 aromatic rings. The van der Waals surface area contributed by atoms with E-state index in [0.717, 1.165) is 11.3 Å². The second-order valence-corrected chi connectivity index (χ2v) is 6.29. The van der Waals surface area contributed by atoms with Crippen LogP contribution in [0.4, 0.5) is 0 Å². The Morgan fingerprint density at radius 1 is 1.52 bits per heavy atom. The quantitative estimate of drug-likeness (QED) is 0.813. The van der Waals surface area contributed by atoms with Crippen LogP contribution in [0.15, 0.2) is 12.1 Å². The molecule has 1 fully saturated rings. The van der Waals surface area contributed by atoms with Crippen LogP contribution < -0.4 is 5.32 Å². The summed E-state index contributed by atoms with van der Waals surface area (Å²) in [6.45, 7) is 2.52. The third kappa shape index (κ3) is 4.26. The van der Waals surface area contributed by atoms with Gasteiger partial charge in [0, 0.05) is 6.54 Å². The molecule has 1 aromatic heterocycles. The second-order valence-electron chi connectivity index (χ2n) is 4.57. The van der Waals surface area contributed by atoms with Crippen molar-refractivity contribution in [2.75, 3.05) is 26.2 Å². The van der Waals surface area contributed by atoms with Gasteiger partial charge in [-0.15, -0.1) is 11.3 Å². The van der Waals surface area contributed by atoms with Gasteiger partial charge >= 0.3 is 5.97 Å². The van der Waals surface area contributed by atoms with Crippen LogP contribution in [0.2, 0.25) is 4.34 Å². The Balaban J connectivity index is 1.88. The number of ketones is 1. The van der Waals surface area contributed by atoms with Crippen LogP contribution in [0.3, 0.4) is 0 Å². The number of amides is 1. The fraction of sp³-hybridized carbons (Fsp3) is 0.462. The van der Waals surface area contributed by atoms with Crippen LogP contribution in [-0.4, -0.2) is 54.8 Å². The Kier molecular flexibility index (Phi) is 5.33. The summed E-state index contributed by atoms with van der Waals surface area (Å²) in [7, 11) is 0. The number of likely N-dealkylation sites (tertiary alicyclic amines) is 1. The average molecular weight is 331 g/mol. The van der Waals surface area contributed by atoms with Gasteiger partial charge in [-0.05, 0) is 19.1 Å². The van der Waals surface area contributed by atoms with E-state index in [1.54, 1.807) is 24.0 Å². The molecule has 0 bridgehead atoms. The van der Waals surface area contributed by atoms with Gasteiger partial charge in [0.2, 0.25) is 0 Å². The monoisotopic (exact) mass is 330 g/mol. The van der Waals surface area contributed by atoms with Crippen LogP contribution in [0.25, 0.3) is 0 Å². The van der Waals surface area contributed by atoms with E-state index in [4.69, 9.17) is 16.3 Å². The van der Waals surface area contributed by atoms with E-state index in [0.29, 0.717) is 22.4 Å². The molecule has 1 aliphatic heterocycles. The van der Waals surface area contributed by atoms with E-state index in [1.807, 2.05) is 0 Å². The van der Waals surface area contributed by atoms with Crippen LogP contribution in [0.5, 0.6) is 0 Å². The molecule has 114 valence electrons. The van der Waals surface area contributed by atoms with Crippen molar-refractivity contribution < 1.29 is 19.1 Å². The van der Waals surface area contributed by atoms with Crippen molar-refractivity contribution >= 4 is 40.6 Å². The molecule has 1 saturated heterocycles. The molecule has 0 aromatic carbocycles. The first-order valence-electron chi connectivity index (χ1n) is 6.46. The van der Waals surface area contributed by atoms with E-state index in [2.05, 4.69) is 5.32 Å². The lowest BCUT2D eigenvalue weighted by Gasteiger charge is -2.14. The van der Waals surface area contributed by atoms with Gasteiger partial charge in [-0.25, -0.2) is 0 Å². The number of Topliss-reactive ketones (excluding diaryl/α,β-unsaturated/α-hetero) is 1. The van der Waals surface area contributed by atoms with Gasteiger partial charge in [0.15, 0.2) is 5.78 Å². The minimum absolute atomic E-state index is 0.0524. The zero-order valence-corrected chi connectivity index (χ0v) is 13.0. The van der Waals surface area contributed by atoms with Gasteiger partial charge in [0.05, 0.1) is 28.9 Å². The van der Waals surface area contributed by atoms with Crippen molar-refractivity contribution in [3.63, 3.8) is 0 Å². The standard InChI is InChI=1S/C13H15ClN2O4S/c1-2-20-12(18)7-16-5-8(9(17)6-16)15-13(19)10-3-4-11(14)21-10/h3-4,8H,2,5-7H2,1H3,(H,15,19)/t8-/m0/s1. The zero-order chi connectivity index (χ0) is 15.4. The summed E-state index contributed by atoms with van der Waals surface area (Å²) in [5, 5.41) is 2.66. The highest BCUT2D eigenvalue weighted by atomic mass is 35.5. The van der Waals surface area contributed by atoms with Crippen LogP contribution in [0.1, 0.15) is 16.6 Å². The fourth-order valence-electron chi connectivity index (χ4n) is 2.06. The van der Waals surface area contributed by atoms with Gasteiger partial charge in [0.25, 0.3) is 5.91 Å². The second kappa shape index (κ2) is 7.02. The normalized spacial score (nSPS) is 18.8. The molecule has 0 aliphatic carbocycles. The summed E-state index contributed by atoms with van der Waals surface area (Å²) in [6, 6.07) is 2.64. The predicted molar refractivity (Wildman–Crippen MR) is 78.7 cm³/mol. The first-order chi connectivity index (χ1) is 9.99. The highest BCUT2D eigenvalue weighted by Crippen LogP contribution is 2.21. The lowest BCUT2D eigenvalue weighted by Crippen LogP contribution is -2.40. The van der Waals surface area contributed by atoms with Crippen LogP contribution >= 0.6 is 22.9 Å². The number of esters is 1. The molecule has 1 atom stereocenters. The van der Waals surface area contributed by atoms with Crippen molar-refractivity contribution in [1.29, 1.82) is 0 Å². The van der Waals surface area contributed by atoms with Crippen molar-refractivity contribution in [2.45, 2.75) is 13.0 Å².